The van der Waals surface area contributed by atoms with Gasteiger partial charge < -0.3 is 9.73 Å². The molecule has 1 amide bonds. The van der Waals surface area contributed by atoms with Crippen LogP contribution in [-0.2, 0) is 16.6 Å². The Bertz CT molecular complexity index is 767. The molecule has 0 saturated heterocycles. The number of amides is 1. The molecule has 0 fully saturated rings. The molecular weight excluding hydrogens is 316 g/mol. The Labute approximate surface area is 135 Å². The quantitative estimate of drug-likeness (QED) is 0.806. The Hall–Kier alpha value is -2.12. The lowest BCUT2D eigenvalue weighted by Crippen LogP contribution is -2.34. The fourth-order valence-corrected chi connectivity index (χ4v) is 2.83. The van der Waals surface area contributed by atoms with E-state index in [1.54, 1.807) is 24.3 Å². The van der Waals surface area contributed by atoms with Gasteiger partial charge in [-0.1, -0.05) is 6.07 Å². The van der Waals surface area contributed by atoms with E-state index in [1.807, 2.05) is 19.9 Å². The number of rotatable bonds is 7. The van der Waals surface area contributed by atoms with Gasteiger partial charge in [0.2, 0.25) is 10.0 Å². The van der Waals surface area contributed by atoms with Crippen molar-refractivity contribution >= 4 is 15.9 Å². The first-order chi connectivity index (χ1) is 10.9. The standard InChI is InChI=1S/C16H20N2O4S/c1-12-5-6-14(10-13(12)2)16(19)17-7-9-23(20,21)18-11-15-4-3-8-22-15/h3-6,8,10,18H,7,9,11H2,1-2H3,(H,17,19). The summed E-state index contributed by atoms with van der Waals surface area (Å²) in [7, 11) is -3.48. The lowest BCUT2D eigenvalue weighted by Gasteiger charge is -2.08. The molecule has 0 saturated carbocycles. The zero-order chi connectivity index (χ0) is 16.9. The van der Waals surface area contributed by atoms with Crippen LogP contribution in [0.25, 0.3) is 0 Å². The first kappa shape index (κ1) is 17.2. The van der Waals surface area contributed by atoms with E-state index in [0.29, 0.717) is 11.3 Å². The van der Waals surface area contributed by atoms with Crippen LogP contribution in [0.4, 0.5) is 0 Å². The second-order valence-electron chi connectivity index (χ2n) is 5.27. The molecule has 0 spiro atoms. The van der Waals surface area contributed by atoms with Gasteiger partial charge in [-0.3, -0.25) is 4.79 Å². The lowest BCUT2D eigenvalue weighted by molar-refractivity contribution is 0.0956. The molecule has 0 bridgehead atoms. The first-order valence-electron chi connectivity index (χ1n) is 7.22. The van der Waals surface area contributed by atoms with Crippen molar-refractivity contribution in [3.05, 3.63) is 59.0 Å². The van der Waals surface area contributed by atoms with E-state index in [9.17, 15) is 13.2 Å². The van der Waals surface area contributed by atoms with E-state index in [2.05, 4.69) is 10.0 Å². The third-order valence-corrected chi connectivity index (χ3v) is 4.80. The minimum absolute atomic E-state index is 0.0409. The lowest BCUT2D eigenvalue weighted by atomic mass is 10.1. The van der Waals surface area contributed by atoms with E-state index in [4.69, 9.17) is 4.42 Å². The molecule has 0 unspecified atom stereocenters. The van der Waals surface area contributed by atoms with Crippen LogP contribution in [0.1, 0.15) is 27.2 Å². The fraction of sp³-hybridized carbons (Fsp3) is 0.312. The Kier molecular flexibility index (Phi) is 5.57. The topological polar surface area (TPSA) is 88.4 Å². The van der Waals surface area contributed by atoms with Crippen molar-refractivity contribution in [1.82, 2.24) is 10.0 Å². The van der Waals surface area contributed by atoms with Gasteiger partial charge >= 0.3 is 0 Å². The van der Waals surface area contributed by atoms with E-state index in [-0.39, 0.29) is 24.7 Å². The molecule has 0 aliphatic carbocycles. The van der Waals surface area contributed by atoms with Gasteiger partial charge in [0.05, 0.1) is 18.6 Å². The summed E-state index contributed by atoms with van der Waals surface area (Å²) in [4.78, 5) is 12.0. The molecule has 1 heterocycles. The highest BCUT2D eigenvalue weighted by Gasteiger charge is 2.12. The van der Waals surface area contributed by atoms with Crippen LogP contribution >= 0.6 is 0 Å². The minimum atomic E-state index is -3.48. The van der Waals surface area contributed by atoms with Gasteiger partial charge in [-0.2, -0.15) is 0 Å². The summed E-state index contributed by atoms with van der Waals surface area (Å²) < 4.78 is 31.1. The number of hydrogen-bond acceptors (Lipinski definition) is 4. The summed E-state index contributed by atoms with van der Waals surface area (Å²) in [5.74, 6) is 0.0617. The smallest absolute Gasteiger partial charge is 0.251 e. The van der Waals surface area contributed by atoms with E-state index in [1.165, 1.54) is 6.26 Å². The minimum Gasteiger partial charge on any atom is -0.468 e. The zero-order valence-electron chi connectivity index (χ0n) is 13.1. The number of furan rings is 1. The van der Waals surface area contributed by atoms with E-state index in [0.717, 1.165) is 11.1 Å². The summed E-state index contributed by atoms with van der Waals surface area (Å²) in [6.07, 6.45) is 1.48. The maximum absolute atomic E-state index is 12.0. The largest absolute Gasteiger partial charge is 0.468 e. The third-order valence-electron chi connectivity index (χ3n) is 3.47. The van der Waals surface area contributed by atoms with Crippen molar-refractivity contribution in [2.75, 3.05) is 12.3 Å². The molecule has 124 valence electrons. The number of hydrogen-bond donors (Lipinski definition) is 2. The third kappa shape index (κ3) is 5.22. The van der Waals surface area contributed by atoms with Crippen molar-refractivity contribution in [2.45, 2.75) is 20.4 Å². The second kappa shape index (κ2) is 7.43. The molecule has 1 aromatic carbocycles. The van der Waals surface area contributed by atoms with Gasteiger partial charge in [-0.25, -0.2) is 13.1 Å². The first-order valence-corrected chi connectivity index (χ1v) is 8.88. The molecule has 2 rings (SSSR count). The van der Waals surface area contributed by atoms with Crippen molar-refractivity contribution in [3.8, 4) is 0 Å². The number of nitrogens with one attached hydrogen (secondary N) is 2. The predicted octanol–water partition coefficient (Wildman–Crippen LogP) is 1.75. The summed E-state index contributed by atoms with van der Waals surface area (Å²) in [6.45, 7) is 4.03. The van der Waals surface area contributed by atoms with Gasteiger partial charge in [-0.05, 0) is 49.2 Å². The zero-order valence-corrected chi connectivity index (χ0v) is 13.9. The normalized spacial score (nSPS) is 11.4. The molecule has 7 heteroatoms. The Morgan fingerprint density at radius 1 is 1.17 bits per heavy atom. The molecular formula is C16H20N2O4S. The summed E-state index contributed by atoms with van der Waals surface area (Å²) in [5, 5.41) is 2.61. The maximum Gasteiger partial charge on any atom is 0.251 e. The molecule has 2 N–H and O–H groups in total. The molecule has 0 atom stereocenters. The molecule has 23 heavy (non-hydrogen) atoms. The Balaban J connectivity index is 1.81. The van der Waals surface area contributed by atoms with E-state index < -0.39 is 10.0 Å². The van der Waals surface area contributed by atoms with Crippen LogP contribution in [0, 0.1) is 13.8 Å². The van der Waals surface area contributed by atoms with Crippen molar-refractivity contribution in [1.29, 1.82) is 0 Å². The highest BCUT2D eigenvalue weighted by Crippen LogP contribution is 2.09. The van der Waals surface area contributed by atoms with Crippen molar-refractivity contribution in [3.63, 3.8) is 0 Å². The Morgan fingerprint density at radius 2 is 1.96 bits per heavy atom. The molecule has 0 radical (unpaired) electrons. The van der Waals surface area contributed by atoms with Crippen LogP contribution in [0.15, 0.2) is 41.0 Å². The van der Waals surface area contributed by atoms with Crippen molar-refractivity contribution < 1.29 is 17.6 Å². The Morgan fingerprint density at radius 3 is 2.61 bits per heavy atom. The van der Waals surface area contributed by atoms with Crippen LogP contribution in [-0.4, -0.2) is 26.6 Å². The summed E-state index contributed by atoms with van der Waals surface area (Å²) >= 11 is 0. The number of carbonyl (C=O) groups is 1. The molecule has 2 aromatic rings. The average Bonchev–Trinajstić information content (AvgIpc) is 3.01. The SMILES string of the molecule is Cc1ccc(C(=O)NCCS(=O)(=O)NCc2ccco2)cc1C. The fourth-order valence-electron chi connectivity index (χ4n) is 1.95. The predicted molar refractivity (Wildman–Crippen MR) is 87.6 cm³/mol. The molecule has 0 aliphatic heterocycles. The van der Waals surface area contributed by atoms with Gasteiger partial charge in [0, 0.05) is 12.1 Å². The summed E-state index contributed by atoms with van der Waals surface area (Å²) in [5.41, 5.74) is 2.64. The van der Waals surface area contributed by atoms with Gasteiger partial charge in [0.1, 0.15) is 5.76 Å². The number of sulfonamides is 1. The van der Waals surface area contributed by atoms with Crippen molar-refractivity contribution in [2.24, 2.45) is 0 Å². The highest BCUT2D eigenvalue weighted by atomic mass is 32.2. The second-order valence-corrected chi connectivity index (χ2v) is 7.20. The van der Waals surface area contributed by atoms with E-state index >= 15 is 0 Å². The highest BCUT2D eigenvalue weighted by molar-refractivity contribution is 7.89. The monoisotopic (exact) mass is 336 g/mol. The van der Waals surface area contributed by atoms with Gasteiger partial charge in [-0.15, -0.1) is 0 Å². The molecule has 0 aliphatic rings. The number of benzene rings is 1. The van der Waals surface area contributed by atoms with Gasteiger partial charge in [0.15, 0.2) is 0 Å². The van der Waals surface area contributed by atoms with Gasteiger partial charge in [0.25, 0.3) is 5.91 Å². The maximum atomic E-state index is 12.0. The summed E-state index contributed by atoms with van der Waals surface area (Å²) in [6, 6.07) is 8.75. The van der Waals surface area contributed by atoms with Crippen LogP contribution < -0.4 is 10.0 Å². The average molecular weight is 336 g/mol. The molecule has 1 aromatic heterocycles. The van der Waals surface area contributed by atoms with Crippen LogP contribution in [0.3, 0.4) is 0 Å². The number of aryl methyl sites for hydroxylation is 2. The number of carbonyl (C=O) groups excluding carboxylic acids is 1. The van der Waals surface area contributed by atoms with Crippen LogP contribution in [0.2, 0.25) is 0 Å². The molecule has 6 nitrogen and oxygen atoms in total. The van der Waals surface area contributed by atoms with Crippen LogP contribution in [0.5, 0.6) is 0 Å².